The third-order valence-electron chi connectivity index (χ3n) is 2.69. The zero-order valence-corrected chi connectivity index (χ0v) is 9.38. The Kier molecular flexibility index (Phi) is 2.01. The maximum atomic E-state index is 6.04. The number of hydrogen-bond donors (Lipinski definition) is 1. The third-order valence-corrected chi connectivity index (χ3v) is 2.98. The Morgan fingerprint density at radius 1 is 1.19 bits per heavy atom. The number of nitrogens with zero attached hydrogens (tertiary/aromatic N) is 1. The largest absolute Gasteiger partial charge is 0.495 e. The Hall–Kier alpha value is -1.74. The van der Waals surface area contributed by atoms with Gasteiger partial charge in [-0.25, -0.2) is 4.98 Å². The number of H-pyrrole nitrogens is 1. The summed E-state index contributed by atoms with van der Waals surface area (Å²) in [5.74, 6) is 0.810. The van der Waals surface area contributed by atoms with Crippen molar-refractivity contribution in [1.29, 1.82) is 0 Å². The van der Waals surface area contributed by atoms with Gasteiger partial charge in [-0.05, 0) is 12.1 Å². The van der Waals surface area contributed by atoms with E-state index in [-0.39, 0.29) is 0 Å². The summed E-state index contributed by atoms with van der Waals surface area (Å²) in [4.78, 5) is 7.30. The van der Waals surface area contributed by atoms with Gasteiger partial charge < -0.3 is 9.72 Å². The highest BCUT2D eigenvalue weighted by molar-refractivity contribution is 6.35. The summed E-state index contributed by atoms with van der Waals surface area (Å²) >= 11 is 6.04. The van der Waals surface area contributed by atoms with E-state index in [1.54, 1.807) is 13.3 Å². The van der Waals surface area contributed by atoms with Gasteiger partial charge in [-0.1, -0.05) is 23.7 Å². The number of halogens is 1. The van der Waals surface area contributed by atoms with Gasteiger partial charge in [0, 0.05) is 17.0 Å². The zero-order chi connectivity index (χ0) is 11.1. The molecule has 1 N–H and O–H groups in total. The molecular formula is C12H9ClN2O. The number of methoxy groups -OCH3 is 1. The normalized spacial score (nSPS) is 11.1. The fourth-order valence-corrected chi connectivity index (χ4v) is 2.16. The number of aromatic amines is 1. The minimum absolute atomic E-state index is 0.482. The number of rotatable bonds is 1. The Morgan fingerprint density at radius 2 is 2.00 bits per heavy atom. The molecule has 0 fully saturated rings. The molecule has 1 aromatic carbocycles. The molecule has 0 aliphatic carbocycles. The van der Waals surface area contributed by atoms with Crippen LogP contribution in [0.4, 0.5) is 0 Å². The number of benzene rings is 1. The predicted octanol–water partition coefficient (Wildman–Crippen LogP) is 3.38. The molecule has 16 heavy (non-hydrogen) atoms. The van der Waals surface area contributed by atoms with Gasteiger partial charge in [0.2, 0.25) is 0 Å². The second kappa shape index (κ2) is 3.39. The van der Waals surface area contributed by atoms with E-state index in [0.29, 0.717) is 5.15 Å². The summed E-state index contributed by atoms with van der Waals surface area (Å²) in [6.45, 7) is 0. The fourth-order valence-electron chi connectivity index (χ4n) is 1.96. The van der Waals surface area contributed by atoms with Crippen molar-refractivity contribution in [1.82, 2.24) is 9.97 Å². The molecule has 4 heteroatoms. The molecule has 0 aliphatic heterocycles. The average molecular weight is 233 g/mol. The van der Waals surface area contributed by atoms with Crippen LogP contribution >= 0.6 is 11.6 Å². The quantitative estimate of drug-likeness (QED) is 0.653. The maximum absolute atomic E-state index is 6.04. The monoisotopic (exact) mass is 232 g/mol. The van der Waals surface area contributed by atoms with Crippen molar-refractivity contribution in [3.05, 3.63) is 35.6 Å². The fraction of sp³-hybridized carbons (Fsp3) is 0.0833. The van der Waals surface area contributed by atoms with Gasteiger partial charge in [0.15, 0.2) is 5.15 Å². The lowest BCUT2D eigenvalue weighted by atomic mass is 10.2. The van der Waals surface area contributed by atoms with Gasteiger partial charge in [0.05, 0.1) is 18.1 Å². The molecule has 2 aromatic heterocycles. The summed E-state index contributed by atoms with van der Waals surface area (Å²) in [7, 11) is 1.65. The van der Waals surface area contributed by atoms with Crippen LogP contribution in [0.25, 0.3) is 21.8 Å². The van der Waals surface area contributed by atoms with Crippen molar-refractivity contribution >= 4 is 33.4 Å². The number of ether oxygens (including phenoxy) is 1. The molecule has 0 spiro atoms. The Labute approximate surface area is 97.0 Å². The smallest absolute Gasteiger partial charge is 0.153 e. The minimum Gasteiger partial charge on any atom is -0.495 e. The molecular weight excluding hydrogens is 224 g/mol. The van der Waals surface area contributed by atoms with Crippen LogP contribution in [-0.2, 0) is 0 Å². The first kappa shape index (κ1) is 9.48. The molecule has 80 valence electrons. The molecule has 3 aromatic rings. The van der Waals surface area contributed by atoms with E-state index in [9.17, 15) is 0 Å². The lowest BCUT2D eigenvalue weighted by Crippen LogP contribution is -1.82. The lowest BCUT2D eigenvalue weighted by Gasteiger charge is -1.99. The number of hydrogen-bond acceptors (Lipinski definition) is 2. The van der Waals surface area contributed by atoms with E-state index in [2.05, 4.69) is 9.97 Å². The van der Waals surface area contributed by atoms with Gasteiger partial charge in [0.25, 0.3) is 0 Å². The highest BCUT2D eigenvalue weighted by Crippen LogP contribution is 2.33. The molecule has 0 atom stereocenters. The van der Waals surface area contributed by atoms with Crippen LogP contribution in [-0.4, -0.2) is 17.1 Å². The zero-order valence-electron chi connectivity index (χ0n) is 8.62. The van der Waals surface area contributed by atoms with Gasteiger partial charge in [-0.3, -0.25) is 0 Å². The molecule has 0 radical (unpaired) electrons. The van der Waals surface area contributed by atoms with Crippen LogP contribution in [0.2, 0.25) is 5.15 Å². The van der Waals surface area contributed by atoms with Crippen molar-refractivity contribution in [2.75, 3.05) is 7.11 Å². The van der Waals surface area contributed by atoms with Crippen LogP contribution in [0.15, 0.2) is 30.5 Å². The van der Waals surface area contributed by atoms with Crippen LogP contribution in [0.5, 0.6) is 5.75 Å². The predicted molar refractivity (Wildman–Crippen MR) is 65.2 cm³/mol. The number of para-hydroxylation sites is 1. The first-order valence-corrected chi connectivity index (χ1v) is 5.28. The molecule has 0 unspecified atom stereocenters. The summed E-state index contributed by atoms with van der Waals surface area (Å²) in [5, 5.41) is 2.64. The highest BCUT2D eigenvalue weighted by Gasteiger charge is 2.10. The topological polar surface area (TPSA) is 37.9 Å². The Balaban J connectivity index is 2.55. The van der Waals surface area contributed by atoms with Crippen molar-refractivity contribution in [2.24, 2.45) is 0 Å². The first-order valence-electron chi connectivity index (χ1n) is 4.90. The van der Waals surface area contributed by atoms with E-state index in [1.807, 2.05) is 24.3 Å². The average Bonchev–Trinajstić information content (AvgIpc) is 2.69. The third kappa shape index (κ3) is 1.18. The summed E-state index contributed by atoms with van der Waals surface area (Å²) in [5.41, 5.74) is 1.80. The van der Waals surface area contributed by atoms with E-state index in [4.69, 9.17) is 16.3 Å². The van der Waals surface area contributed by atoms with Gasteiger partial charge in [-0.2, -0.15) is 0 Å². The molecule has 0 aliphatic rings. The van der Waals surface area contributed by atoms with Gasteiger partial charge in [0.1, 0.15) is 5.75 Å². The van der Waals surface area contributed by atoms with Gasteiger partial charge in [-0.15, -0.1) is 0 Å². The van der Waals surface area contributed by atoms with Crippen LogP contribution < -0.4 is 4.74 Å². The van der Waals surface area contributed by atoms with Crippen molar-refractivity contribution in [3.8, 4) is 5.75 Å². The van der Waals surface area contributed by atoms with E-state index in [1.165, 1.54) is 0 Å². The first-order chi connectivity index (χ1) is 7.81. The molecule has 0 bridgehead atoms. The summed E-state index contributed by atoms with van der Waals surface area (Å²) < 4.78 is 5.30. The molecule has 2 heterocycles. The SMILES string of the molecule is COc1cccc2c1[nH]c1c(Cl)nccc12. The van der Waals surface area contributed by atoms with E-state index in [0.717, 1.165) is 27.6 Å². The van der Waals surface area contributed by atoms with Crippen LogP contribution in [0.3, 0.4) is 0 Å². The second-order valence-electron chi connectivity index (χ2n) is 3.53. The Bertz CT molecular complexity index is 675. The molecule has 3 nitrogen and oxygen atoms in total. The highest BCUT2D eigenvalue weighted by atomic mass is 35.5. The van der Waals surface area contributed by atoms with E-state index < -0.39 is 0 Å². The second-order valence-corrected chi connectivity index (χ2v) is 3.89. The lowest BCUT2D eigenvalue weighted by molar-refractivity contribution is 0.419. The van der Waals surface area contributed by atoms with Crippen molar-refractivity contribution in [3.63, 3.8) is 0 Å². The maximum Gasteiger partial charge on any atom is 0.153 e. The standard InChI is InChI=1S/C12H9ClN2O/c1-16-9-4-2-3-7-8-5-6-14-12(13)11(8)15-10(7)9/h2-6,15H,1H3. The summed E-state index contributed by atoms with van der Waals surface area (Å²) in [6, 6.07) is 7.86. The Morgan fingerprint density at radius 3 is 2.81 bits per heavy atom. The number of nitrogens with one attached hydrogen (secondary N) is 1. The minimum atomic E-state index is 0.482. The summed E-state index contributed by atoms with van der Waals surface area (Å²) in [6.07, 6.45) is 1.71. The van der Waals surface area contributed by atoms with Crippen molar-refractivity contribution in [2.45, 2.75) is 0 Å². The van der Waals surface area contributed by atoms with Crippen molar-refractivity contribution < 1.29 is 4.74 Å². The molecule has 0 amide bonds. The molecule has 0 saturated carbocycles. The molecule has 3 rings (SSSR count). The van der Waals surface area contributed by atoms with E-state index >= 15 is 0 Å². The number of fused-ring (bicyclic) bond motifs is 3. The van der Waals surface area contributed by atoms with Crippen LogP contribution in [0, 0.1) is 0 Å². The number of aromatic nitrogens is 2. The van der Waals surface area contributed by atoms with Gasteiger partial charge >= 0.3 is 0 Å². The van der Waals surface area contributed by atoms with Crippen LogP contribution in [0.1, 0.15) is 0 Å². The number of pyridine rings is 1. The molecule has 0 saturated heterocycles.